The van der Waals surface area contributed by atoms with E-state index < -0.39 is 0 Å². The van der Waals surface area contributed by atoms with Crippen molar-refractivity contribution in [3.8, 4) is 17.1 Å². The molecule has 0 atom stereocenters. The van der Waals surface area contributed by atoms with Crippen LogP contribution in [0.3, 0.4) is 0 Å². The first kappa shape index (κ1) is 17.0. The molecule has 0 N–H and O–H groups in total. The molecule has 0 amide bonds. The van der Waals surface area contributed by atoms with Crippen molar-refractivity contribution in [3.63, 3.8) is 0 Å². The Morgan fingerprint density at radius 2 is 1.96 bits per heavy atom. The van der Waals surface area contributed by atoms with Crippen molar-refractivity contribution in [2.45, 2.75) is 13.8 Å². The zero-order chi connectivity index (χ0) is 19.0. The molecule has 2 aromatic heterocycles. The van der Waals surface area contributed by atoms with Gasteiger partial charge in [-0.1, -0.05) is 12.1 Å². The number of aromatic nitrogens is 4. The number of carbonyl (C=O) groups excluding carboxylic acids is 1. The van der Waals surface area contributed by atoms with Gasteiger partial charge in [-0.25, -0.2) is 9.78 Å². The van der Waals surface area contributed by atoms with Gasteiger partial charge in [0.15, 0.2) is 11.5 Å². The van der Waals surface area contributed by atoms with Gasteiger partial charge in [0, 0.05) is 0 Å². The van der Waals surface area contributed by atoms with E-state index in [0.29, 0.717) is 29.4 Å². The molecular formula is C20H18N4O3. The fourth-order valence-electron chi connectivity index (χ4n) is 3.12. The minimum Gasteiger partial charge on any atom is -0.496 e. The van der Waals surface area contributed by atoms with Crippen LogP contribution in [-0.4, -0.2) is 39.3 Å². The highest BCUT2D eigenvalue weighted by Gasteiger charge is 2.18. The lowest BCUT2D eigenvalue weighted by Gasteiger charge is -2.10. The number of nitrogens with zero attached hydrogens (tertiary/aromatic N) is 4. The maximum Gasteiger partial charge on any atom is 0.338 e. The molecular weight excluding hydrogens is 344 g/mol. The summed E-state index contributed by atoms with van der Waals surface area (Å²) in [6, 6.07) is 12.9. The van der Waals surface area contributed by atoms with E-state index in [1.807, 2.05) is 35.6 Å². The molecule has 0 saturated carbocycles. The molecule has 0 aliphatic rings. The van der Waals surface area contributed by atoms with Gasteiger partial charge in [-0.05, 0) is 44.2 Å². The molecule has 0 bridgehead atoms. The summed E-state index contributed by atoms with van der Waals surface area (Å²) in [5.74, 6) is 0.940. The van der Waals surface area contributed by atoms with Gasteiger partial charge in [0.2, 0.25) is 0 Å². The Morgan fingerprint density at radius 3 is 2.74 bits per heavy atom. The second-order valence-corrected chi connectivity index (χ2v) is 6.00. The lowest BCUT2D eigenvalue weighted by atomic mass is 10.1. The highest BCUT2D eigenvalue weighted by Crippen LogP contribution is 2.31. The Kier molecular flexibility index (Phi) is 4.19. The Morgan fingerprint density at radius 1 is 1.15 bits per heavy atom. The van der Waals surface area contributed by atoms with E-state index in [2.05, 4.69) is 15.2 Å². The van der Waals surface area contributed by atoms with Crippen LogP contribution < -0.4 is 4.74 Å². The van der Waals surface area contributed by atoms with Crippen molar-refractivity contribution < 1.29 is 14.3 Å². The number of aryl methyl sites for hydroxylation is 1. The quantitative estimate of drug-likeness (QED) is 0.518. The van der Waals surface area contributed by atoms with Gasteiger partial charge in [0.05, 0.1) is 41.6 Å². The molecule has 27 heavy (non-hydrogen) atoms. The van der Waals surface area contributed by atoms with Crippen molar-refractivity contribution in [2.75, 3.05) is 13.7 Å². The van der Waals surface area contributed by atoms with Crippen LogP contribution in [0.4, 0.5) is 0 Å². The molecule has 0 aliphatic heterocycles. The van der Waals surface area contributed by atoms with E-state index in [1.54, 1.807) is 32.2 Å². The van der Waals surface area contributed by atoms with E-state index in [0.717, 1.165) is 22.3 Å². The predicted octanol–water partition coefficient (Wildman–Crippen LogP) is 3.44. The summed E-state index contributed by atoms with van der Waals surface area (Å²) < 4.78 is 12.5. The fourth-order valence-corrected chi connectivity index (χ4v) is 3.12. The second-order valence-electron chi connectivity index (χ2n) is 6.00. The summed E-state index contributed by atoms with van der Waals surface area (Å²) in [7, 11) is 1.62. The molecule has 7 nitrogen and oxygen atoms in total. The summed E-state index contributed by atoms with van der Waals surface area (Å²) in [6.45, 7) is 3.98. The number of ether oxygens (including phenoxy) is 2. The highest BCUT2D eigenvalue weighted by molar-refractivity contribution is 5.94. The first-order valence-corrected chi connectivity index (χ1v) is 8.60. The van der Waals surface area contributed by atoms with E-state index in [9.17, 15) is 4.79 Å². The molecule has 7 heteroatoms. The van der Waals surface area contributed by atoms with Gasteiger partial charge in [0.25, 0.3) is 0 Å². The molecule has 0 radical (unpaired) electrons. The minimum atomic E-state index is -0.375. The third-order valence-corrected chi connectivity index (χ3v) is 4.35. The summed E-state index contributed by atoms with van der Waals surface area (Å²) in [4.78, 5) is 16.8. The SMILES string of the molecule is CCOC(=O)c1ccc2nc(C)c3nnc(-c4ccccc4OC)n3c2c1. The standard InChI is InChI=1S/C20H18N4O3/c1-4-27-20(25)13-9-10-15-16(11-13)24-18(12(2)21-15)22-23-19(24)14-7-5-6-8-17(14)26-3/h5-11H,4H2,1-3H3. The zero-order valence-electron chi connectivity index (χ0n) is 15.3. The maximum atomic E-state index is 12.2. The van der Waals surface area contributed by atoms with Crippen LogP contribution in [0.15, 0.2) is 42.5 Å². The molecule has 136 valence electrons. The summed E-state index contributed by atoms with van der Waals surface area (Å²) in [6.07, 6.45) is 0. The number of rotatable bonds is 4. The van der Waals surface area contributed by atoms with Crippen molar-refractivity contribution in [1.82, 2.24) is 19.6 Å². The molecule has 0 aliphatic carbocycles. The lowest BCUT2D eigenvalue weighted by molar-refractivity contribution is 0.0526. The first-order chi connectivity index (χ1) is 13.1. The van der Waals surface area contributed by atoms with Gasteiger partial charge in [-0.3, -0.25) is 4.40 Å². The third-order valence-electron chi connectivity index (χ3n) is 4.35. The molecule has 0 fully saturated rings. The van der Waals surface area contributed by atoms with Crippen molar-refractivity contribution in [2.24, 2.45) is 0 Å². The smallest absolute Gasteiger partial charge is 0.338 e. The summed E-state index contributed by atoms with van der Waals surface area (Å²) >= 11 is 0. The Balaban J connectivity index is 2.05. The zero-order valence-corrected chi connectivity index (χ0v) is 15.3. The highest BCUT2D eigenvalue weighted by atomic mass is 16.5. The molecule has 2 heterocycles. The van der Waals surface area contributed by atoms with E-state index in [-0.39, 0.29) is 5.97 Å². The second kappa shape index (κ2) is 6.68. The van der Waals surface area contributed by atoms with Crippen LogP contribution in [0.5, 0.6) is 5.75 Å². The molecule has 0 saturated heterocycles. The first-order valence-electron chi connectivity index (χ1n) is 8.60. The van der Waals surface area contributed by atoms with Crippen molar-refractivity contribution in [3.05, 3.63) is 53.7 Å². The Labute approximate surface area is 155 Å². The van der Waals surface area contributed by atoms with Crippen molar-refractivity contribution >= 4 is 22.6 Å². The van der Waals surface area contributed by atoms with Gasteiger partial charge in [0.1, 0.15) is 5.75 Å². The lowest BCUT2D eigenvalue weighted by Crippen LogP contribution is -2.06. The average molecular weight is 362 g/mol. The molecule has 4 aromatic rings. The van der Waals surface area contributed by atoms with E-state index in [1.165, 1.54) is 0 Å². The molecule has 2 aromatic carbocycles. The largest absolute Gasteiger partial charge is 0.496 e. The van der Waals surface area contributed by atoms with Crippen molar-refractivity contribution in [1.29, 1.82) is 0 Å². The Bertz CT molecular complexity index is 1170. The number of fused-ring (bicyclic) bond motifs is 3. The third kappa shape index (κ3) is 2.77. The minimum absolute atomic E-state index is 0.317. The topological polar surface area (TPSA) is 78.6 Å². The van der Waals surface area contributed by atoms with Crippen LogP contribution in [0.1, 0.15) is 23.0 Å². The van der Waals surface area contributed by atoms with E-state index >= 15 is 0 Å². The average Bonchev–Trinajstić information content (AvgIpc) is 3.14. The van der Waals surface area contributed by atoms with Gasteiger partial charge >= 0.3 is 5.97 Å². The number of benzene rings is 2. The number of methoxy groups -OCH3 is 1. The number of carbonyl (C=O) groups is 1. The molecule has 0 spiro atoms. The number of hydrogen-bond donors (Lipinski definition) is 0. The normalized spacial score (nSPS) is 11.1. The van der Waals surface area contributed by atoms with E-state index in [4.69, 9.17) is 9.47 Å². The predicted molar refractivity (Wildman–Crippen MR) is 101 cm³/mol. The fraction of sp³-hybridized carbons (Fsp3) is 0.200. The van der Waals surface area contributed by atoms with Gasteiger partial charge in [-0.15, -0.1) is 10.2 Å². The Hall–Kier alpha value is -3.48. The number of hydrogen-bond acceptors (Lipinski definition) is 6. The monoisotopic (exact) mass is 362 g/mol. The summed E-state index contributed by atoms with van der Waals surface area (Å²) in [5.41, 5.74) is 4.11. The summed E-state index contributed by atoms with van der Waals surface area (Å²) in [5, 5.41) is 8.68. The number of esters is 1. The van der Waals surface area contributed by atoms with Gasteiger partial charge in [-0.2, -0.15) is 0 Å². The van der Waals surface area contributed by atoms with Crippen LogP contribution >= 0.6 is 0 Å². The van der Waals surface area contributed by atoms with Crippen LogP contribution in [0, 0.1) is 6.92 Å². The molecule has 4 rings (SSSR count). The maximum absolute atomic E-state index is 12.2. The van der Waals surface area contributed by atoms with Crippen LogP contribution in [0.25, 0.3) is 28.1 Å². The van der Waals surface area contributed by atoms with Gasteiger partial charge < -0.3 is 9.47 Å². The molecule has 0 unspecified atom stereocenters. The van der Waals surface area contributed by atoms with Crippen LogP contribution in [0.2, 0.25) is 0 Å². The van der Waals surface area contributed by atoms with Crippen LogP contribution in [-0.2, 0) is 4.74 Å². The number of para-hydroxylation sites is 1.